The second kappa shape index (κ2) is 18.2. The van der Waals surface area contributed by atoms with Gasteiger partial charge in [0.05, 0.1) is 6.67 Å². The molecule has 1 saturated heterocycles. The molecule has 1 fully saturated rings. The number of hydrogen-bond donors (Lipinski definition) is 0. The Bertz CT molecular complexity index is 3740. The van der Waals surface area contributed by atoms with Crippen molar-refractivity contribution in [1.82, 2.24) is 18.5 Å². The van der Waals surface area contributed by atoms with Crippen LogP contribution in [0, 0.1) is 24.7 Å². The number of nitrogens with zero attached hydrogens (tertiary/aromatic N) is 4. The summed E-state index contributed by atoms with van der Waals surface area (Å²) in [6.07, 6.45) is 0.281. The van der Waals surface area contributed by atoms with Crippen LogP contribution >= 0.6 is 0 Å². The number of ether oxygens (including phenoxy) is 1. The van der Waals surface area contributed by atoms with Gasteiger partial charge in [0.15, 0.2) is 18.0 Å². The molecule has 3 aliphatic rings. The zero-order chi connectivity index (χ0) is 51.4. The van der Waals surface area contributed by atoms with Gasteiger partial charge in [-0.05, 0) is 86.7 Å². The van der Waals surface area contributed by atoms with Gasteiger partial charge in [-0.15, -0.1) is 35.2 Å². The number of fused-ring (bicyclic) bond motifs is 3. The van der Waals surface area contributed by atoms with E-state index < -0.39 is 6.37 Å². The van der Waals surface area contributed by atoms with E-state index in [1.165, 1.54) is 5.56 Å². The van der Waals surface area contributed by atoms with Crippen LogP contribution in [-0.2, 0) is 38.3 Å². The molecule has 0 unspecified atom stereocenters. The average molecular weight is 1140 g/mol. The number of aromatic nitrogens is 2. The molecular weight excluding hydrogens is 1070 g/mol. The molecule has 0 radical (unpaired) electrons. The van der Waals surface area contributed by atoms with Gasteiger partial charge in [-0.3, -0.25) is 4.48 Å². The van der Waals surface area contributed by atoms with Crippen LogP contribution in [0.25, 0.3) is 61.0 Å². The van der Waals surface area contributed by atoms with Crippen molar-refractivity contribution >= 4 is 44.6 Å². The Morgan fingerprint density at radius 2 is 1.23 bits per heavy atom. The topological polar surface area (TPSA) is 27.1 Å². The molecule has 8 aromatic carbocycles. The van der Waals surface area contributed by atoms with E-state index in [2.05, 4.69) is 229 Å². The van der Waals surface area contributed by atoms with Crippen LogP contribution in [0.2, 0.25) is 0 Å². The van der Waals surface area contributed by atoms with Crippen molar-refractivity contribution in [2.45, 2.75) is 72.6 Å². The minimum atomic E-state index is -1.63. The predicted molar refractivity (Wildman–Crippen MR) is 300 cm³/mol. The quantitative estimate of drug-likeness (QED) is 0.101. The van der Waals surface area contributed by atoms with E-state index >= 15 is 0 Å². The molecule has 0 amide bonds. The molecule has 6 heteroatoms. The Kier molecular flexibility index (Phi) is 11.5. The molecule has 3 aliphatic heterocycles. The normalized spacial score (nSPS) is 17.7. The fourth-order valence-corrected chi connectivity index (χ4v) is 11.2. The summed E-state index contributed by atoms with van der Waals surface area (Å²) < 4.78 is 29.6. The Balaban J connectivity index is 0.00000602. The van der Waals surface area contributed by atoms with E-state index in [0.29, 0.717) is 32.7 Å². The SMILES string of the molecule is [2H]C([2H])(c1cccc2c1[N@@+]1(c3c(-c4ccccc4)cccc3-c3ccccc3)[CH-][N@+]2(c2[c-]c(Oc3[c-]c4c(cc3)c3cc(-c5ccccc5)ccc3n4-c3cc(C(C)(C)C)ccn3)cc(C(C)(C)C)c2)C1)C(C)C.[Pt]. The van der Waals surface area contributed by atoms with Crippen molar-refractivity contribution in [1.29, 1.82) is 0 Å². The van der Waals surface area contributed by atoms with Gasteiger partial charge in [-0.1, -0.05) is 188 Å². The van der Waals surface area contributed by atoms with Crippen molar-refractivity contribution in [3.05, 3.63) is 224 Å². The van der Waals surface area contributed by atoms with Crippen LogP contribution < -0.4 is 13.7 Å². The Hall–Kier alpha value is -6.88. The molecule has 0 N–H and O–H groups in total. The molecule has 366 valence electrons. The number of pyridine rings is 1. The van der Waals surface area contributed by atoms with Gasteiger partial charge in [0.2, 0.25) is 0 Å². The molecule has 5 heterocycles. The van der Waals surface area contributed by atoms with Crippen molar-refractivity contribution in [2.75, 3.05) is 6.67 Å². The molecule has 2 aromatic heterocycles. The van der Waals surface area contributed by atoms with E-state index in [4.69, 9.17) is 9.72 Å². The number of benzene rings is 8. The number of quaternary nitrogens is 2. The fourth-order valence-electron chi connectivity index (χ4n) is 11.2. The predicted octanol–water partition coefficient (Wildman–Crippen LogP) is 17.7. The first-order valence-electron chi connectivity index (χ1n) is 26.3. The third kappa shape index (κ3) is 8.27. The molecule has 2 bridgehead atoms. The van der Waals surface area contributed by atoms with Crippen molar-refractivity contribution < 1.29 is 28.5 Å². The number of para-hydroxylation sites is 2. The van der Waals surface area contributed by atoms with Gasteiger partial charge in [-0.2, -0.15) is 6.07 Å². The van der Waals surface area contributed by atoms with Gasteiger partial charge in [-0.25, -0.2) is 4.98 Å². The van der Waals surface area contributed by atoms with Gasteiger partial charge in [0.1, 0.15) is 11.5 Å². The molecule has 5 nitrogen and oxygen atoms in total. The molecule has 0 saturated carbocycles. The van der Waals surface area contributed by atoms with Gasteiger partial charge in [0, 0.05) is 75.5 Å². The summed E-state index contributed by atoms with van der Waals surface area (Å²) in [4.78, 5) is 4.98. The molecule has 0 spiro atoms. The maximum Gasteiger partial charge on any atom is 0.184 e. The van der Waals surface area contributed by atoms with Gasteiger partial charge < -0.3 is 13.8 Å². The summed E-state index contributed by atoms with van der Waals surface area (Å²) in [6, 6.07) is 71.9. The molecular formula is C67H61N4OPt-. The zero-order valence-electron chi connectivity index (χ0n) is 44.8. The average Bonchev–Trinajstić information content (AvgIpc) is 4.17. The second-order valence-electron chi connectivity index (χ2n) is 22.0. The summed E-state index contributed by atoms with van der Waals surface area (Å²) in [5.41, 5.74) is 15.4. The Morgan fingerprint density at radius 3 is 1.86 bits per heavy atom. The van der Waals surface area contributed by atoms with E-state index in [9.17, 15) is 2.74 Å². The van der Waals surface area contributed by atoms with Crippen LogP contribution in [0.5, 0.6) is 11.5 Å². The molecule has 13 rings (SSSR count). The standard InChI is InChI=1S/C67H61N4O.Pt/c1-45(2)36-50-26-18-29-62-64(50)71(65-56(47-22-14-10-15-23-47)27-19-28-57(65)48-24-16-11-17-25-48)43-70(62,44-71)53-38-52(67(6,7)8)39-55(41-53)72-54-31-32-58-59-37-49(46-20-12-9-13-21-46)30-33-60(59)69(61(58)42-54)63-40-51(34-35-68-63)66(3,4)5;/h9-35,37-40,43,45H,36,44H2,1-8H3;/q-1;/t70-,71-;/m1./s1/i36D2;. The Morgan fingerprint density at radius 1 is 0.603 bits per heavy atom. The molecule has 0 aliphatic carbocycles. The molecule has 73 heavy (non-hydrogen) atoms. The summed E-state index contributed by atoms with van der Waals surface area (Å²) in [5, 5.41) is 2.17. The number of rotatable bonds is 10. The van der Waals surface area contributed by atoms with Crippen molar-refractivity contribution in [3.8, 4) is 50.7 Å². The van der Waals surface area contributed by atoms with Crippen LogP contribution in [0.1, 0.15) is 74.8 Å². The minimum absolute atomic E-state index is 0. The van der Waals surface area contributed by atoms with Gasteiger partial charge in [0.25, 0.3) is 0 Å². The molecule has 2 atom stereocenters. The zero-order valence-corrected chi connectivity index (χ0v) is 45.0. The monoisotopic (exact) mass is 1130 g/mol. The maximum atomic E-state index is 9.78. The van der Waals surface area contributed by atoms with Crippen LogP contribution in [0.3, 0.4) is 0 Å². The maximum absolute atomic E-state index is 9.78. The summed E-state index contributed by atoms with van der Waals surface area (Å²) in [6.45, 7) is 20.4. The second-order valence-corrected chi connectivity index (χ2v) is 22.0. The Labute approximate surface area is 448 Å². The summed E-state index contributed by atoms with van der Waals surface area (Å²) in [7, 11) is 0. The van der Waals surface area contributed by atoms with Gasteiger partial charge >= 0.3 is 0 Å². The van der Waals surface area contributed by atoms with E-state index in [1.54, 1.807) is 0 Å². The largest absolute Gasteiger partial charge is 0.509 e. The summed E-state index contributed by atoms with van der Waals surface area (Å²) >= 11 is 0. The van der Waals surface area contributed by atoms with E-state index in [1.807, 2.05) is 38.2 Å². The van der Waals surface area contributed by atoms with Crippen LogP contribution in [-0.4, -0.2) is 16.2 Å². The smallest absolute Gasteiger partial charge is 0.184 e. The van der Waals surface area contributed by atoms with Crippen LogP contribution in [0.4, 0.5) is 22.7 Å². The third-order valence-corrected chi connectivity index (χ3v) is 14.7. The third-order valence-electron chi connectivity index (χ3n) is 14.7. The van der Waals surface area contributed by atoms with E-state index in [0.717, 1.165) is 89.3 Å². The number of hydrogen-bond acceptors (Lipinski definition) is 2. The molecule has 10 aromatic rings. The van der Waals surface area contributed by atoms with E-state index in [-0.39, 0.29) is 37.8 Å². The fraction of sp³-hybridized carbons (Fsp3) is 0.194. The van der Waals surface area contributed by atoms with Crippen molar-refractivity contribution in [2.24, 2.45) is 5.92 Å². The summed E-state index contributed by atoms with van der Waals surface area (Å²) in [5.74, 6) is 1.71. The van der Waals surface area contributed by atoms with Crippen LogP contribution in [0.15, 0.2) is 188 Å². The first kappa shape index (κ1) is 45.9. The minimum Gasteiger partial charge on any atom is -0.509 e. The first-order valence-corrected chi connectivity index (χ1v) is 25.3. The van der Waals surface area contributed by atoms with Crippen molar-refractivity contribution in [3.63, 3.8) is 0 Å². The first-order chi connectivity index (χ1) is 35.5.